The van der Waals surface area contributed by atoms with Gasteiger partial charge in [0.15, 0.2) is 0 Å². The van der Waals surface area contributed by atoms with Gasteiger partial charge in [-0.1, -0.05) is 53.2 Å². The third-order valence-electron chi connectivity index (χ3n) is 3.75. The number of rotatable bonds is 4. The Labute approximate surface area is 133 Å². The van der Waals surface area contributed by atoms with Crippen molar-refractivity contribution < 1.29 is 4.42 Å². The highest BCUT2D eigenvalue weighted by Crippen LogP contribution is 2.32. The van der Waals surface area contributed by atoms with Crippen molar-refractivity contribution in [3.8, 4) is 0 Å². The Hall–Kier alpha value is -1.58. The fourth-order valence-electron chi connectivity index (χ4n) is 2.81. The highest BCUT2D eigenvalue weighted by atomic mass is 79.9. The summed E-state index contributed by atoms with van der Waals surface area (Å²) in [5.41, 5.74) is 9.79. The van der Waals surface area contributed by atoms with Crippen LogP contribution in [0.2, 0.25) is 0 Å². The van der Waals surface area contributed by atoms with Crippen LogP contribution < -0.4 is 5.73 Å². The lowest BCUT2D eigenvalue weighted by molar-refractivity contribution is 0.540. The van der Waals surface area contributed by atoms with E-state index in [2.05, 4.69) is 41.1 Å². The van der Waals surface area contributed by atoms with E-state index in [9.17, 15) is 0 Å². The zero-order valence-electron chi connectivity index (χ0n) is 12.0. The molecule has 108 valence electrons. The van der Waals surface area contributed by atoms with Crippen molar-refractivity contribution in [2.45, 2.75) is 25.8 Å². The summed E-state index contributed by atoms with van der Waals surface area (Å²) in [5.74, 6) is 0.999. The Kier molecular flexibility index (Phi) is 4.13. The first-order chi connectivity index (χ1) is 10.2. The number of fused-ring (bicyclic) bond motifs is 1. The number of hydrogen-bond donors (Lipinski definition) is 1. The van der Waals surface area contributed by atoms with Gasteiger partial charge in [0.05, 0.1) is 0 Å². The summed E-state index contributed by atoms with van der Waals surface area (Å²) >= 11 is 3.51. The lowest BCUT2D eigenvalue weighted by atomic mass is 9.96. The van der Waals surface area contributed by atoms with Gasteiger partial charge in [0.1, 0.15) is 11.3 Å². The van der Waals surface area contributed by atoms with Crippen LogP contribution in [0.4, 0.5) is 0 Å². The van der Waals surface area contributed by atoms with E-state index < -0.39 is 0 Å². The maximum Gasteiger partial charge on any atom is 0.134 e. The van der Waals surface area contributed by atoms with Crippen LogP contribution in [-0.4, -0.2) is 0 Å². The predicted molar refractivity (Wildman–Crippen MR) is 90.4 cm³/mol. The molecule has 0 radical (unpaired) electrons. The molecule has 0 bridgehead atoms. The number of nitrogens with two attached hydrogens (primary N) is 1. The molecule has 2 aromatic carbocycles. The summed E-state index contributed by atoms with van der Waals surface area (Å²) in [6.45, 7) is 2.10. The Balaban J connectivity index is 1.99. The van der Waals surface area contributed by atoms with Crippen molar-refractivity contribution in [1.29, 1.82) is 0 Å². The molecule has 2 nitrogen and oxygen atoms in total. The standard InChI is InChI=1S/C18H18BrNO/c1-2-16-18(14-8-3-4-9-17(14)21-16)15(20)11-12-6-5-7-13(19)10-12/h3-10,15H,2,11,20H2,1H3. The van der Waals surface area contributed by atoms with Crippen molar-refractivity contribution in [2.24, 2.45) is 5.73 Å². The molecule has 1 heterocycles. The fourth-order valence-corrected chi connectivity index (χ4v) is 3.25. The second kappa shape index (κ2) is 6.04. The molecule has 2 N–H and O–H groups in total. The number of aryl methyl sites for hydroxylation is 1. The number of furan rings is 1. The Bertz CT molecular complexity index is 763. The van der Waals surface area contributed by atoms with E-state index in [1.165, 1.54) is 5.56 Å². The number of para-hydroxylation sites is 1. The van der Waals surface area contributed by atoms with Gasteiger partial charge >= 0.3 is 0 Å². The van der Waals surface area contributed by atoms with E-state index in [1.807, 2.05) is 30.3 Å². The summed E-state index contributed by atoms with van der Waals surface area (Å²) in [4.78, 5) is 0. The summed E-state index contributed by atoms with van der Waals surface area (Å²) in [6.07, 6.45) is 1.66. The quantitative estimate of drug-likeness (QED) is 0.723. The largest absolute Gasteiger partial charge is 0.461 e. The molecule has 1 atom stereocenters. The monoisotopic (exact) mass is 343 g/mol. The molecule has 0 aliphatic rings. The molecule has 0 aliphatic carbocycles. The molecule has 21 heavy (non-hydrogen) atoms. The predicted octanol–water partition coefficient (Wildman–Crippen LogP) is 5.00. The molecule has 0 spiro atoms. The van der Waals surface area contributed by atoms with Crippen LogP contribution in [0, 0.1) is 0 Å². The molecular weight excluding hydrogens is 326 g/mol. The van der Waals surface area contributed by atoms with Gasteiger partial charge in [-0.25, -0.2) is 0 Å². The number of benzene rings is 2. The molecule has 0 saturated carbocycles. The minimum atomic E-state index is -0.0575. The van der Waals surface area contributed by atoms with Crippen LogP contribution in [0.15, 0.2) is 57.4 Å². The maximum absolute atomic E-state index is 6.49. The summed E-state index contributed by atoms with van der Waals surface area (Å²) < 4.78 is 7.02. The Morgan fingerprint density at radius 2 is 1.95 bits per heavy atom. The third kappa shape index (κ3) is 2.89. The van der Waals surface area contributed by atoms with Crippen LogP contribution in [0.3, 0.4) is 0 Å². The highest BCUT2D eigenvalue weighted by Gasteiger charge is 2.19. The topological polar surface area (TPSA) is 39.2 Å². The van der Waals surface area contributed by atoms with Gasteiger partial charge in [-0.15, -0.1) is 0 Å². The van der Waals surface area contributed by atoms with Gasteiger partial charge in [-0.2, -0.15) is 0 Å². The van der Waals surface area contributed by atoms with E-state index in [-0.39, 0.29) is 6.04 Å². The molecule has 3 aromatic rings. The summed E-state index contributed by atoms with van der Waals surface area (Å²) in [7, 11) is 0. The maximum atomic E-state index is 6.49. The molecule has 0 saturated heterocycles. The van der Waals surface area contributed by atoms with Crippen LogP contribution in [-0.2, 0) is 12.8 Å². The van der Waals surface area contributed by atoms with E-state index >= 15 is 0 Å². The normalized spacial score (nSPS) is 12.7. The van der Waals surface area contributed by atoms with Crippen molar-refractivity contribution >= 4 is 26.9 Å². The third-order valence-corrected chi connectivity index (χ3v) is 4.24. The molecule has 3 rings (SSSR count). The average Bonchev–Trinajstić information content (AvgIpc) is 2.85. The van der Waals surface area contributed by atoms with E-state index in [1.54, 1.807) is 0 Å². The smallest absolute Gasteiger partial charge is 0.134 e. The van der Waals surface area contributed by atoms with E-state index in [0.717, 1.165) is 39.6 Å². The first-order valence-electron chi connectivity index (χ1n) is 7.19. The van der Waals surface area contributed by atoms with Gasteiger partial charge < -0.3 is 10.2 Å². The Morgan fingerprint density at radius 3 is 2.71 bits per heavy atom. The zero-order valence-corrected chi connectivity index (χ0v) is 13.6. The van der Waals surface area contributed by atoms with Gasteiger partial charge in [0.2, 0.25) is 0 Å². The first kappa shape index (κ1) is 14.4. The Morgan fingerprint density at radius 1 is 1.14 bits per heavy atom. The van der Waals surface area contributed by atoms with Gasteiger partial charge in [0.25, 0.3) is 0 Å². The van der Waals surface area contributed by atoms with Gasteiger partial charge in [-0.05, 0) is 30.2 Å². The molecule has 1 aromatic heterocycles. The molecule has 3 heteroatoms. The van der Waals surface area contributed by atoms with Crippen LogP contribution >= 0.6 is 15.9 Å². The highest BCUT2D eigenvalue weighted by molar-refractivity contribution is 9.10. The fraction of sp³-hybridized carbons (Fsp3) is 0.222. The molecule has 1 unspecified atom stereocenters. The van der Waals surface area contributed by atoms with Gasteiger partial charge in [-0.3, -0.25) is 0 Å². The average molecular weight is 344 g/mol. The van der Waals surface area contributed by atoms with E-state index in [4.69, 9.17) is 10.2 Å². The minimum absolute atomic E-state index is 0.0575. The molecule has 0 fully saturated rings. The SMILES string of the molecule is CCc1oc2ccccc2c1C(N)Cc1cccc(Br)c1. The minimum Gasteiger partial charge on any atom is -0.461 e. The zero-order chi connectivity index (χ0) is 14.8. The van der Waals surface area contributed by atoms with Gasteiger partial charge in [0, 0.05) is 27.9 Å². The molecular formula is C18H18BrNO. The second-order valence-electron chi connectivity index (χ2n) is 5.23. The lowest BCUT2D eigenvalue weighted by Crippen LogP contribution is -2.14. The molecule has 0 amide bonds. The van der Waals surface area contributed by atoms with Crippen LogP contribution in [0.1, 0.15) is 29.9 Å². The van der Waals surface area contributed by atoms with Crippen molar-refractivity contribution in [3.63, 3.8) is 0 Å². The van der Waals surface area contributed by atoms with Crippen molar-refractivity contribution in [3.05, 3.63) is 69.9 Å². The second-order valence-corrected chi connectivity index (χ2v) is 6.14. The lowest BCUT2D eigenvalue weighted by Gasteiger charge is -2.12. The van der Waals surface area contributed by atoms with Crippen molar-refractivity contribution in [1.82, 2.24) is 0 Å². The van der Waals surface area contributed by atoms with E-state index in [0.29, 0.717) is 0 Å². The number of halogens is 1. The summed E-state index contributed by atoms with van der Waals surface area (Å²) in [6, 6.07) is 16.4. The van der Waals surface area contributed by atoms with Crippen LogP contribution in [0.5, 0.6) is 0 Å². The first-order valence-corrected chi connectivity index (χ1v) is 7.98. The summed E-state index contributed by atoms with van der Waals surface area (Å²) in [5, 5.41) is 1.14. The molecule has 0 aliphatic heterocycles. The van der Waals surface area contributed by atoms with Crippen LogP contribution in [0.25, 0.3) is 11.0 Å². The van der Waals surface area contributed by atoms with Crippen molar-refractivity contribution in [2.75, 3.05) is 0 Å². The number of hydrogen-bond acceptors (Lipinski definition) is 2.